The molecule has 9 heteroatoms. The van der Waals surface area contributed by atoms with Crippen LogP contribution in [0.1, 0.15) is 18.4 Å². The largest absolute Gasteiger partial charge is 0.325 e. The monoisotopic (exact) mass is 429 g/mol. The highest BCUT2D eigenvalue weighted by Crippen LogP contribution is 2.37. The van der Waals surface area contributed by atoms with E-state index in [4.69, 9.17) is 0 Å². The number of sulfonamides is 1. The highest BCUT2D eigenvalue weighted by atomic mass is 32.2. The van der Waals surface area contributed by atoms with Gasteiger partial charge >= 0.3 is 0 Å². The number of aryl methyl sites for hydroxylation is 1. The minimum absolute atomic E-state index is 0.124. The van der Waals surface area contributed by atoms with E-state index in [1.807, 2.05) is 0 Å². The standard InChI is InChI=1S/C21H17F2N3O3S/c22-15-6-7-19(18(23)10-15)30(28,29)26-16-9-13-3-1-5-20(27)25-21(13)17(11-16)14-4-2-8-24-12-14/h2,4,6-12,26H,1,3,5H2,(H,25,27). The van der Waals surface area contributed by atoms with Crippen molar-refractivity contribution in [3.8, 4) is 11.1 Å². The number of nitrogens with zero attached hydrogens (tertiary/aromatic N) is 1. The molecule has 154 valence electrons. The Balaban J connectivity index is 1.81. The van der Waals surface area contributed by atoms with E-state index < -0.39 is 26.6 Å². The van der Waals surface area contributed by atoms with Gasteiger partial charge in [0.15, 0.2) is 0 Å². The van der Waals surface area contributed by atoms with Gasteiger partial charge in [-0.3, -0.25) is 14.5 Å². The van der Waals surface area contributed by atoms with E-state index in [1.165, 1.54) is 0 Å². The van der Waals surface area contributed by atoms with Gasteiger partial charge in [0, 0.05) is 41.7 Å². The van der Waals surface area contributed by atoms with Crippen LogP contribution in [0, 0.1) is 11.6 Å². The first kappa shape index (κ1) is 20.0. The summed E-state index contributed by atoms with van der Waals surface area (Å²) in [7, 11) is -4.30. The molecule has 1 amide bonds. The van der Waals surface area contributed by atoms with Crippen LogP contribution in [0.2, 0.25) is 0 Å². The summed E-state index contributed by atoms with van der Waals surface area (Å²) in [5.41, 5.74) is 2.83. The Morgan fingerprint density at radius 1 is 1.07 bits per heavy atom. The summed E-state index contributed by atoms with van der Waals surface area (Å²) >= 11 is 0. The van der Waals surface area contributed by atoms with Crippen molar-refractivity contribution in [3.05, 3.63) is 72.1 Å². The van der Waals surface area contributed by atoms with Crippen molar-refractivity contribution in [2.75, 3.05) is 10.0 Å². The fourth-order valence-corrected chi connectivity index (χ4v) is 4.50. The number of anilines is 2. The molecule has 0 saturated heterocycles. The maximum atomic E-state index is 14.0. The summed E-state index contributed by atoms with van der Waals surface area (Å²) in [6.07, 6.45) is 4.72. The van der Waals surface area contributed by atoms with E-state index in [2.05, 4.69) is 15.0 Å². The van der Waals surface area contributed by atoms with Crippen LogP contribution in [0.5, 0.6) is 0 Å². The van der Waals surface area contributed by atoms with Crippen LogP contribution >= 0.6 is 0 Å². The molecule has 0 fully saturated rings. The molecule has 1 aromatic heterocycles. The molecule has 0 aliphatic carbocycles. The van der Waals surface area contributed by atoms with Crippen molar-refractivity contribution in [1.29, 1.82) is 0 Å². The molecule has 0 saturated carbocycles. The summed E-state index contributed by atoms with van der Waals surface area (Å²) in [6.45, 7) is 0. The molecule has 4 rings (SSSR count). The highest BCUT2D eigenvalue weighted by molar-refractivity contribution is 7.92. The van der Waals surface area contributed by atoms with Gasteiger partial charge in [-0.15, -0.1) is 0 Å². The molecular formula is C21H17F2N3O3S. The van der Waals surface area contributed by atoms with E-state index in [0.717, 1.165) is 17.7 Å². The Labute approximate surface area is 172 Å². The first-order chi connectivity index (χ1) is 14.3. The Morgan fingerprint density at radius 3 is 2.63 bits per heavy atom. The van der Waals surface area contributed by atoms with Crippen molar-refractivity contribution >= 4 is 27.3 Å². The summed E-state index contributed by atoms with van der Waals surface area (Å²) in [4.78, 5) is 15.5. The molecule has 2 aromatic carbocycles. The molecule has 1 aliphatic heterocycles. The Morgan fingerprint density at radius 2 is 1.90 bits per heavy atom. The Bertz CT molecular complexity index is 1230. The summed E-state index contributed by atoms with van der Waals surface area (Å²) in [5.74, 6) is -2.18. The van der Waals surface area contributed by atoms with Gasteiger partial charge in [0.1, 0.15) is 16.5 Å². The molecule has 6 nitrogen and oxygen atoms in total. The van der Waals surface area contributed by atoms with E-state index >= 15 is 0 Å². The number of fused-ring (bicyclic) bond motifs is 1. The maximum absolute atomic E-state index is 14.0. The number of pyridine rings is 1. The molecular weight excluding hydrogens is 412 g/mol. The van der Waals surface area contributed by atoms with Crippen LogP contribution < -0.4 is 10.0 Å². The van der Waals surface area contributed by atoms with E-state index in [-0.39, 0.29) is 11.6 Å². The number of carbonyl (C=O) groups excluding carboxylic acids is 1. The van der Waals surface area contributed by atoms with Crippen LogP contribution in [-0.4, -0.2) is 19.3 Å². The zero-order valence-electron chi connectivity index (χ0n) is 15.7. The fourth-order valence-electron chi connectivity index (χ4n) is 3.40. The average molecular weight is 429 g/mol. The molecule has 2 N–H and O–H groups in total. The van der Waals surface area contributed by atoms with Crippen LogP contribution in [-0.2, 0) is 21.2 Å². The predicted molar refractivity (Wildman–Crippen MR) is 108 cm³/mol. The average Bonchev–Trinajstić information content (AvgIpc) is 2.88. The molecule has 1 aliphatic rings. The number of hydrogen-bond donors (Lipinski definition) is 2. The number of carbonyl (C=O) groups is 1. The van der Waals surface area contributed by atoms with Crippen LogP contribution in [0.15, 0.2) is 59.8 Å². The van der Waals surface area contributed by atoms with Crippen molar-refractivity contribution in [2.24, 2.45) is 0 Å². The van der Waals surface area contributed by atoms with Crippen LogP contribution in [0.3, 0.4) is 0 Å². The van der Waals surface area contributed by atoms with E-state index in [0.29, 0.717) is 42.1 Å². The maximum Gasteiger partial charge on any atom is 0.264 e. The minimum Gasteiger partial charge on any atom is -0.325 e. The van der Waals surface area contributed by atoms with Gasteiger partial charge < -0.3 is 5.32 Å². The Kier molecular flexibility index (Phi) is 5.21. The second kappa shape index (κ2) is 7.83. The lowest BCUT2D eigenvalue weighted by Crippen LogP contribution is -2.16. The van der Waals surface area contributed by atoms with Gasteiger partial charge in [-0.25, -0.2) is 17.2 Å². The second-order valence-corrected chi connectivity index (χ2v) is 8.53. The number of nitrogens with one attached hydrogen (secondary N) is 2. The van der Waals surface area contributed by atoms with Gasteiger partial charge in [0.25, 0.3) is 10.0 Å². The number of amides is 1. The fraction of sp³-hybridized carbons (Fsp3) is 0.143. The highest BCUT2D eigenvalue weighted by Gasteiger charge is 2.23. The SMILES string of the molecule is O=C1CCCc2cc(NS(=O)(=O)c3ccc(F)cc3F)cc(-c3cccnc3)c2N1. The number of halogens is 2. The zero-order chi connectivity index (χ0) is 21.3. The van der Waals surface area contributed by atoms with Gasteiger partial charge in [-0.1, -0.05) is 6.07 Å². The quantitative estimate of drug-likeness (QED) is 0.654. The first-order valence-corrected chi connectivity index (χ1v) is 10.7. The molecule has 0 atom stereocenters. The van der Waals surface area contributed by atoms with Crippen LogP contribution in [0.4, 0.5) is 20.2 Å². The molecule has 2 heterocycles. The molecule has 0 unspecified atom stereocenters. The van der Waals surface area contributed by atoms with Gasteiger partial charge in [0.05, 0.1) is 5.69 Å². The lowest BCUT2D eigenvalue weighted by atomic mass is 9.98. The van der Waals surface area contributed by atoms with Crippen molar-refractivity contribution < 1.29 is 22.0 Å². The second-order valence-electron chi connectivity index (χ2n) is 6.88. The third-order valence-electron chi connectivity index (χ3n) is 4.74. The smallest absolute Gasteiger partial charge is 0.264 e. The Hall–Kier alpha value is -3.33. The molecule has 3 aromatic rings. The zero-order valence-corrected chi connectivity index (χ0v) is 16.5. The third kappa shape index (κ3) is 4.02. The molecule has 0 bridgehead atoms. The molecule has 30 heavy (non-hydrogen) atoms. The number of rotatable bonds is 4. The topological polar surface area (TPSA) is 88.2 Å². The van der Waals surface area contributed by atoms with Crippen molar-refractivity contribution in [2.45, 2.75) is 24.2 Å². The summed E-state index contributed by atoms with van der Waals surface area (Å²) < 4.78 is 55.0. The minimum atomic E-state index is -4.30. The third-order valence-corrected chi connectivity index (χ3v) is 6.16. The molecule has 0 spiro atoms. The number of hydrogen-bond acceptors (Lipinski definition) is 4. The number of aromatic nitrogens is 1. The predicted octanol–water partition coefficient (Wildman–Crippen LogP) is 4.10. The number of benzene rings is 2. The lowest BCUT2D eigenvalue weighted by molar-refractivity contribution is -0.116. The van der Waals surface area contributed by atoms with Crippen molar-refractivity contribution in [3.63, 3.8) is 0 Å². The van der Waals surface area contributed by atoms with Crippen LogP contribution in [0.25, 0.3) is 11.1 Å². The first-order valence-electron chi connectivity index (χ1n) is 9.18. The van der Waals surface area contributed by atoms with Crippen molar-refractivity contribution in [1.82, 2.24) is 4.98 Å². The van der Waals surface area contributed by atoms with E-state index in [1.54, 1.807) is 36.7 Å². The van der Waals surface area contributed by atoms with Gasteiger partial charge in [-0.05, 0) is 48.7 Å². The van der Waals surface area contributed by atoms with Gasteiger partial charge in [-0.2, -0.15) is 0 Å². The summed E-state index contributed by atoms with van der Waals surface area (Å²) in [6, 6.07) is 8.95. The lowest BCUT2D eigenvalue weighted by Gasteiger charge is -2.17. The van der Waals surface area contributed by atoms with Gasteiger partial charge in [0.2, 0.25) is 5.91 Å². The summed E-state index contributed by atoms with van der Waals surface area (Å²) in [5, 5.41) is 2.88. The van der Waals surface area contributed by atoms with E-state index in [9.17, 15) is 22.0 Å². The normalized spacial score (nSPS) is 13.9. The molecule has 0 radical (unpaired) electrons.